The van der Waals surface area contributed by atoms with Crippen LogP contribution in [0, 0.1) is 0 Å². The van der Waals surface area contributed by atoms with E-state index in [4.69, 9.17) is 4.74 Å². The summed E-state index contributed by atoms with van der Waals surface area (Å²) in [6.07, 6.45) is -0.215. The van der Waals surface area contributed by atoms with Gasteiger partial charge in [-0.1, -0.05) is 0 Å². The van der Waals surface area contributed by atoms with E-state index >= 15 is 0 Å². The van der Waals surface area contributed by atoms with Crippen molar-refractivity contribution in [3.05, 3.63) is 0 Å². The zero-order valence-electron chi connectivity index (χ0n) is 9.88. The minimum Gasteiger partial charge on any atom is -0.468 e. The third-order valence-corrected chi connectivity index (χ3v) is 1.77. The Balaban J connectivity index is 4.32. The Morgan fingerprint density at radius 3 is 2.14 bits per heavy atom. The van der Waals surface area contributed by atoms with Crippen LogP contribution in [0.3, 0.4) is 0 Å². The molecule has 0 bridgehead atoms. The van der Waals surface area contributed by atoms with Crippen molar-refractivity contribution in [2.75, 3.05) is 14.2 Å². The van der Waals surface area contributed by atoms with E-state index in [1.807, 2.05) is 27.7 Å². The van der Waals surface area contributed by atoms with E-state index in [1.165, 1.54) is 7.11 Å². The number of rotatable bonds is 4. The predicted molar refractivity (Wildman–Crippen MR) is 55.2 cm³/mol. The summed E-state index contributed by atoms with van der Waals surface area (Å²) in [7, 11) is 3.08. The Labute approximate surface area is 86.0 Å². The summed E-state index contributed by atoms with van der Waals surface area (Å²) in [6.45, 7) is 7.71. The lowest BCUT2D eigenvalue weighted by molar-refractivity contribution is -0.150. The molecule has 0 aliphatic heterocycles. The molecule has 1 N–H and O–H groups in total. The van der Waals surface area contributed by atoms with E-state index in [1.54, 1.807) is 7.05 Å². The summed E-state index contributed by atoms with van der Waals surface area (Å²) in [5.74, 6) is -0.302. The Hall–Kier alpha value is -0.610. The van der Waals surface area contributed by atoms with E-state index in [9.17, 15) is 4.79 Å². The number of ether oxygens (including phenoxy) is 2. The molecule has 0 radical (unpaired) electrons. The van der Waals surface area contributed by atoms with E-state index in [-0.39, 0.29) is 17.7 Å². The number of nitrogens with one attached hydrogen (secondary N) is 1. The van der Waals surface area contributed by atoms with Crippen LogP contribution < -0.4 is 5.32 Å². The maximum absolute atomic E-state index is 11.3. The van der Waals surface area contributed by atoms with Gasteiger partial charge in [0.1, 0.15) is 6.04 Å². The Morgan fingerprint density at radius 2 is 1.86 bits per heavy atom. The molecule has 14 heavy (non-hydrogen) atoms. The van der Waals surface area contributed by atoms with Crippen molar-refractivity contribution in [3.8, 4) is 0 Å². The summed E-state index contributed by atoms with van der Waals surface area (Å²) in [4.78, 5) is 11.3. The SMILES string of the molecule is CN[C@H](C(=O)OC)[C@@H](C)OC(C)(C)C. The number of carbonyl (C=O) groups excluding carboxylic acids is 1. The highest BCUT2D eigenvalue weighted by atomic mass is 16.5. The molecule has 0 rings (SSSR count). The Bertz CT molecular complexity index is 186. The van der Waals surface area contributed by atoms with Crippen LogP contribution in [0.15, 0.2) is 0 Å². The van der Waals surface area contributed by atoms with E-state index < -0.39 is 6.04 Å². The van der Waals surface area contributed by atoms with Gasteiger partial charge in [-0.3, -0.25) is 4.79 Å². The monoisotopic (exact) mass is 203 g/mol. The van der Waals surface area contributed by atoms with Crippen LogP contribution in [0.25, 0.3) is 0 Å². The van der Waals surface area contributed by atoms with Gasteiger partial charge in [0.05, 0.1) is 18.8 Å². The first kappa shape index (κ1) is 13.4. The van der Waals surface area contributed by atoms with Gasteiger partial charge in [0.15, 0.2) is 0 Å². The molecule has 4 nitrogen and oxygen atoms in total. The first-order valence-corrected chi connectivity index (χ1v) is 4.74. The fourth-order valence-corrected chi connectivity index (χ4v) is 1.30. The lowest BCUT2D eigenvalue weighted by atomic mass is 10.1. The molecule has 0 aromatic heterocycles. The molecule has 84 valence electrons. The highest BCUT2D eigenvalue weighted by Crippen LogP contribution is 2.13. The second-order valence-electron chi connectivity index (χ2n) is 4.22. The minimum absolute atomic E-state index is 0.215. The molecule has 0 heterocycles. The average Bonchev–Trinajstić information content (AvgIpc) is 2.01. The van der Waals surface area contributed by atoms with Crippen molar-refractivity contribution >= 4 is 5.97 Å². The summed E-state index contributed by atoms with van der Waals surface area (Å²) in [5.41, 5.74) is -0.261. The van der Waals surface area contributed by atoms with Gasteiger partial charge in [-0.2, -0.15) is 0 Å². The molecule has 2 atom stereocenters. The molecule has 0 aliphatic rings. The summed E-state index contributed by atoms with van der Waals surface area (Å²) < 4.78 is 10.3. The molecule has 0 unspecified atom stereocenters. The van der Waals surface area contributed by atoms with Gasteiger partial charge in [-0.05, 0) is 34.7 Å². The molecule has 0 spiro atoms. The maximum Gasteiger partial charge on any atom is 0.325 e. The number of hydrogen-bond acceptors (Lipinski definition) is 4. The molecular formula is C10H21NO3. The molecule has 0 amide bonds. The predicted octanol–water partition coefficient (Wildman–Crippen LogP) is 0.951. The van der Waals surface area contributed by atoms with Crippen LogP contribution in [-0.2, 0) is 14.3 Å². The van der Waals surface area contributed by atoms with Gasteiger partial charge in [-0.25, -0.2) is 0 Å². The maximum atomic E-state index is 11.3. The fourth-order valence-electron chi connectivity index (χ4n) is 1.30. The van der Waals surface area contributed by atoms with Crippen LogP contribution >= 0.6 is 0 Å². The molecule has 0 aromatic carbocycles. The first-order chi connectivity index (χ1) is 6.31. The van der Waals surface area contributed by atoms with Crippen LogP contribution in [0.4, 0.5) is 0 Å². The lowest BCUT2D eigenvalue weighted by Gasteiger charge is -2.29. The van der Waals surface area contributed by atoms with Crippen molar-refractivity contribution in [1.82, 2.24) is 5.32 Å². The highest BCUT2D eigenvalue weighted by Gasteiger charge is 2.28. The van der Waals surface area contributed by atoms with Gasteiger partial charge in [-0.15, -0.1) is 0 Å². The van der Waals surface area contributed by atoms with Gasteiger partial charge >= 0.3 is 5.97 Å². The summed E-state index contributed by atoms with van der Waals surface area (Å²) >= 11 is 0. The molecule has 0 aromatic rings. The fraction of sp³-hybridized carbons (Fsp3) is 0.900. The second kappa shape index (κ2) is 5.32. The smallest absolute Gasteiger partial charge is 0.325 e. The minimum atomic E-state index is -0.417. The third-order valence-electron chi connectivity index (χ3n) is 1.77. The molecular weight excluding hydrogens is 182 g/mol. The standard InChI is InChI=1S/C10H21NO3/c1-7(14-10(2,3)4)8(11-5)9(12)13-6/h7-8,11H,1-6H3/t7-,8+/m1/s1. The number of methoxy groups -OCH3 is 1. The molecule has 0 saturated heterocycles. The van der Waals surface area contributed by atoms with E-state index in [2.05, 4.69) is 10.1 Å². The molecule has 0 saturated carbocycles. The van der Waals surface area contributed by atoms with Crippen LogP contribution in [0.1, 0.15) is 27.7 Å². The Kier molecular flexibility index (Phi) is 5.08. The zero-order valence-corrected chi connectivity index (χ0v) is 9.88. The van der Waals surface area contributed by atoms with Crippen LogP contribution in [0.2, 0.25) is 0 Å². The van der Waals surface area contributed by atoms with E-state index in [0.717, 1.165) is 0 Å². The van der Waals surface area contributed by atoms with Gasteiger partial charge in [0, 0.05) is 0 Å². The van der Waals surface area contributed by atoms with Crippen LogP contribution in [0.5, 0.6) is 0 Å². The van der Waals surface area contributed by atoms with Gasteiger partial charge < -0.3 is 14.8 Å². The quantitative estimate of drug-likeness (QED) is 0.691. The summed E-state index contributed by atoms with van der Waals surface area (Å²) in [5, 5.41) is 2.88. The number of carbonyl (C=O) groups is 1. The van der Waals surface area contributed by atoms with Crippen molar-refractivity contribution < 1.29 is 14.3 Å². The topological polar surface area (TPSA) is 47.6 Å². The number of hydrogen-bond donors (Lipinski definition) is 1. The van der Waals surface area contributed by atoms with Crippen molar-refractivity contribution in [2.24, 2.45) is 0 Å². The highest BCUT2D eigenvalue weighted by molar-refractivity contribution is 5.76. The molecule has 0 aliphatic carbocycles. The normalized spacial score (nSPS) is 16.1. The van der Waals surface area contributed by atoms with Crippen molar-refractivity contribution in [2.45, 2.75) is 45.4 Å². The number of likely N-dealkylation sites (N-methyl/N-ethyl adjacent to an activating group) is 1. The second-order valence-corrected chi connectivity index (χ2v) is 4.22. The first-order valence-electron chi connectivity index (χ1n) is 4.74. The van der Waals surface area contributed by atoms with Crippen LogP contribution in [-0.4, -0.2) is 37.9 Å². The lowest BCUT2D eigenvalue weighted by Crippen LogP contribution is -2.47. The van der Waals surface area contributed by atoms with Crippen molar-refractivity contribution in [3.63, 3.8) is 0 Å². The molecule has 4 heteroatoms. The average molecular weight is 203 g/mol. The Morgan fingerprint density at radius 1 is 1.36 bits per heavy atom. The largest absolute Gasteiger partial charge is 0.468 e. The zero-order chi connectivity index (χ0) is 11.4. The number of esters is 1. The van der Waals surface area contributed by atoms with Crippen molar-refractivity contribution in [1.29, 1.82) is 0 Å². The van der Waals surface area contributed by atoms with Gasteiger partial charge in [0.25, 0.3) is 0 Å². The van der Waals surface area contributed by atoms with Gasteiger partial charge in [0.2, 0.25) is 0 Å². The van der Waals surface area contributed by atoms with E-state index in [0.29, 0.717) is 0 Å². The summed E-state index contributed by atoms with van der Waals surface area (Å²) in [6, 6.07) is -0.417. The molecule has 0 fully saturated rings. The third kappa shape index (κ3) is 4.58.